The van der Waals surface area contributed by atoms with E-state index in [1.165, 1.54) is 0 Å². The molecule has 0 saturated carbocycles. The summed E-state index contributed by atoms with van der Waals surface area (Å²) in [5.41, 5.74) is -7.55. The second kappa shape index (κ2) is 11.8. The predicted octanol–water partition coefficient (Wildman–Crippen LogP) is 14.9. The molecule has 0 saturated heterocycles. The number of hydrogen-bond donors (Lipinski definition) is 0. The van der Waals surface area contributed by atoms with Crippen LogP contribution in [0.25, 0.3) is 110 Å². The maximum absolute atomic E-state index is 9.97. The van der Waals surface area contributed by atoms with Crippen molar-refractivity contribution in [2.75, 3.05) is 0 Å². The molecule has 0 unspecified atom stereocenters. The van der Waals surface area contributed by atoms with Crippen LogP contribution in [-0.2, 0) is 0 Å². The summed E-state index contributed by atoms with van der Waals surface area (Å²) in [6, 6.07) is -30.7. The van der Waals surface area contributed by atoms with Gasteiger partial charge in [0.25, 0.3) is 0 Å². The third kappa shape index (κ3) is 4.79. The molecule has 0 amide bonds. The zero-order chi connectivity index (χ0) is 62.7. The van der Waals surface area contributed by atoms with Crippen molar-refractivity contribution in [1.29, 1.82) is 0 Å². The summed E-state index contributed by atoms with van der Waals surface area (Å²) in [5, 5.41) is -7.14. The van der Waals surface area contributed by atoms with E-state index in [0.29, 0.717) is 0 Å². The lowest BCUT2D eigenvalue weighted by Gasteiger charge is -2.18. The molecule has 1 heterocycles. The van der Waals surface area contributed by atoms with Crippen LogP contribution in [0.15, 0.2) is 198 Å². The van der Waals surface area contributed by atoms with Crippen molar-refractivity contribution >= 4 is 65.0 Å². The van der Waals surface area contributed by atoms with E-state index in [9.17, 15) is 20.6 Å². The van der Waals surface area contributed by atoms with Crippen LogP contribution in [0.4, 0.5) is 0 Å². The monoisotopic (exact) mass is 704 g/mol. The number of benzene rings is 10. The average Bonchev–Trinajstić information content (AvgIpc) is 1.14. The third-order valence-corrected chi connectivity index (χ3v) is 8.57. The van der Waals surface area contributed by atoms with E-state index in [2.05, 4.69) is 0 Å². The van der Waals surface area contributed by atoms with Crippen LogP contribution in [0.1, 0.15) is 43.9 Å². The molecule has 1 heteroatoms. The zero-order valence-electron chi connectivity index (χ0n) is 58.4. The lowest BCUT2D eigenvalue weighted by Crippen LogP contribution is -1.91. The number of fused-ring (bicyclic) bond motifs is 7. The van der Waals surface area contributed by atoms with Crippen LogP contribution in [0, 0.1) is 0 Å². The fraction of sp³-hybridized carbons (Fsp3) is 0. The number of hydrogen-bond acceptors (Lipinski definition) is 1. The zero-order valence-corrected chi connectivity index (χ0v) is 26.4. The lowest BCUT2D eigenvalue weighted by molar-refractivity contribution is 0.669. The average molecular weight is 705 g/mol. The van der Waals surface area contributed by atoms with Crippen LogP contribution >= 0.6 is 0 Å². The minimum absolute atomic E-state index is 0.547. The van der Waals surface area contributed by atoms with Gasteiger partial charge in [0.05, 0.1) is 43.9 Å². The highest BCUT2D eigenvalue weighted by Gasteiger charge is 2.18. The summed E-state index contributed by atoms with van der Waals surface area (Å²) < 4.78 is 296. The van der Waals surface area contributed by atoms with E-state index >= 15 is 0 Å². The largest absolute Gasteiger partial charge is 0.456 e. The van der Waals surface area contributed by atoms with Crippen LogP contribution in [0.5, 0.6) is 0 Å². The van der Waals surface area contributed by atoms with Crippen LogP contribution < -0.4 is 0 Å². The first-order valence-corrected chi connectivity index (χ1v) is 15.7. The topological polar surface area (TPSA) is 13.1 Å². The molecule has 53 heavy (non-hydrogen) atoms. The van der Waals surface area contributed by atoms with Gasteiger partial charge in [0.15, 0.2) is 0 Å². The van der Waals surface area contributed by atoms with E-state index in [1.54, 1.807) is 0 Å². The van der Waals surface area contributed by atoms with E-state index in [-0.39, 0.29) is 0 Å². The fourth-order valence-corrected chi connectivity index (χ4v) is 6.27. The van der Waals surface area contributed by atoms with Crippen molar-refractivity contribution in [3.05, 3.63) is 193 Å². The minimum Gasteiger partial charge on any atom is -0.456 e. The molecule has 0 atom stereocenters. The number of rotatable bonds is 4. The molecule has 1 aromatic heterocycles. The van der Waals surface area contributed by atoms with Gasteiger partial charge in [-0.25, -0.2) is 0 Å². The molecule has 246 valence electrons. The summed E-state index contributed by atoms with van der Waals surface area (Å²) >= 11 is 0. The Bertz CT molecular complexity index is 4970. The highest BCUT2D eigenvalue weighted by molar-refractivity contribution is 6.22. The summed E-state index contributed by atoms with van der Waals surface area (Å²) in [7, 11) is 0. The Morgan fingerprint density at radius 3 is 1.58 bits per heavy atom. The maximum Gasteiger partial charge on any atom is 0.136 e. The predicted molar refractivity (Wildman–Crippen MR) is 225 cm³/mol. The highest BCUT2D eigenvalue weighted by Crippen LogP contribution is 2.45. The Kier molecular flexibility index (Phi) is 2.68. The van der Waals surface area contributed by atoms with E-state index in [1.807, 2.05) is 0 Å². The molecule has 10 aromatic carbocycles. The van der Waals surface area contributed by atoms with Gasteiger partial charge < -0.3 is 4.42 Å². The normalized spacial score (nSPS) is 20.2. The van der Waals surface area contributed by atoms with Crippen molar-refractivity contribution in [2.24, 2.45) is 0 Å². The summed E-state index contributed by atoms with van der Waals surface area (Å²) in [4.78, 5) is 0. The molecule has 0 bridgehead atoms. The minimum atomic E-state index is -1.15. The van der Waals surface area contributed by atoms with Crippen molar-refractivity contribution in [3.63, 3.8) is 0 Å². The molecular weight excluding hydrogens is 641 g/mol. The molecule has 0 aliphatic carbocycles. The Hall–Kier alpha value is -6.96. The second-order valence-electron chi connectivity index (χ2n) is 11.5. The van der Waals surface area contributed by atoms with Crippen LogP contribution in [-0.4, -0.2) is 0 Å². The first-order chi connectivity index (χ1) is 39.6. The summed E-state index contributed by atoms with van der Waals surface area (Å²) in [6.07, 6.45) is 0. The SMILES string of the molecule is [2H]c1c([2H])c([2H])c(-c2c([2H])c([2H])c3c(oc4c([2H])c([2H])c(-c5c([2H])c([2H])c([2H])c6c([2H])c(-c7c8c([2H])c([2H])c([2H])c([2H])c8c(-c8c([2H])c([2H])c9c([2H])c([2H])c([2H])c([2H])c9c8[2H])c8c([2H])c([2H])c([2H])c([2H])c78)c([2H])c([2H])c56)c([2H])c43)c2[2H])c([2H])c1[2H]. The first-order valence-electron chi connectivity index (χ1n) is 31.7. The van der Waals surface area contributed by atoms with Crippen LogP contribution in [0.3, 0.4) is 0 Å². The Morgan fingerprint density at radius 2 is 0.849 bits per heavy atom. The molecule has 0 aliphatic rings. The molecule has 0 fully saturated rings. The van der Waals surface area contributed by atoms with Crippen molar-refractivity contribution < 1.29 is 48.3 Å². The standard InChI is InChI=1S/C52H32O/c1-2-11-33(12-3-1)36-23-27-43-48-31-38(25-28-49(48)53-50(43)32-36)41-20-10-15-37-30-40(24-26-42(37)41)52-46-18-8-6-16-44(46)51(45-17-7-9-19-47(45)52)39-22-21-34-13-4-5-14-35(34)29-39/h1-32H/i1D,2D,3D,4D,5D,6D,7D,8D,9D,10D,11D,12D,13D,14D,15D,16D,17D,18D,19D,20D,21D,22D,23D,24D,25D,26D,27D,28D,29D,30D,31D,32D. The Morgan fingerprint density at radius 1 is 0.283 bits per heavy atom. The third-order valence-electron chi connectivity index (χ3n) is 8.57. The molecule has 0 spiro atoms. The maximum atomic E-state index is 9.97. The van der Waals surface area contributed by atoms with Gasteiger partial charge in [0.2, 0.25) is 0 Å². The first kappa shape index (κ1) is 12.0. The van der Waals surface area contributed by atoms with Gasteiger partial charge in [0.1, 0.15) is 11.2 Å². The smallest absolute Gasteiger partial charge is 0.136 e. The second-order valence-corrected chi connectivity index (χ2v) is 11.5. The summed E-state index contributed by atoms with van der Waals surface area (Å²) in [6.45, 7) is 0. The van der Waals surface area contributed by atoms with Crippen molar-refractivity contribution in [3.8, 4) is 44.5 Å². The van der Waals surface area contributed by atoms with Gasteiger partial charge in [-0.15, -0.1) is 0 Å². The Labute approximate surface area is 352 Å². The van der Waals surface area contributed by atoms with Gasteiger partial charge in [-0.3, -0.25) is 0 Å². The number of furan rings is 1. The highest BCUT2D eigenvalue weighted by atomic mass is 16.3. The molecule has 0 N–H and O–H groups in total. The van der Waals surface area contributed by atoms with E-state index in [4.69, 9.17) is 27.7 Å². The molecule has 0 aliphatic heterocycles. The van der Waals surface area contributed by atoms with E-state index in [0.717, 1.165) is 0 Å². The van der Waals surface area contributed by atoms with Gasteiger partial charge in [-0.05, 0) is 124 Å². The van der Waals surface area contributed by atoms with Gasteiger partial charge in [0, 0.05) is 10.8 Å². The molecule has 11 rings (SSSR count). The molecular formula is C52H32O. The van der Waals surface area contributed by atoms with Gasteiger partial charge >= 0.3 is 0 Å². The lowest BCUT2D eigenvalue weighted by atomic mass is 9.85. The molecule has 1 nitrogen and oxygen atoms in total. The molecule has 0 radical (unpaired) electrons. The van der Waals surface area contributed by atoms with Crippen LogP contribution in [0.2, 0.25) is 0 Å². The van der Waals surface area contributed by atoms with Crippen molar-refractivity contribution in [2.45, 2.75) is 0 Å². The quantitative estimate of drug-likeness (QED) is 0.166. The van der Waals surface area contributed by atoms with Crippen molar-refractivity contribution in [1.82, 2.24) is 0 Å². The van der Waals surface area contributed by atoms with E-state index < -0.39 is 303 Å². The molecule has 11 aromatic rings. The Balaban J connectivity index is 1.32. The fourth-order valence-electron chi connectivity index (χ4n) is 6.27. The summed E-state index contributed by atoms with van der Waals surface area (Å²) in [5.74, 6) is 0. The van der Waals surface area contributed by atoms with Gasteiger partial charge in [-0.1, -0.05) is 157 Å². The van der Waals surface area contributed by atoms with Gasteiger partial charge in [-0.2, -0.15) is 0 Å².